The van der Waals surface area contributed by atoms with E-state index in [-0.39, 0.29) is 34.4 Å². The van der Waals surface area contributed by atoms with Crippen molar-refractivity contribution in [3.8, 4) is 16.9 Å². The standard InChI is InChI=1S/C32H28O4/c1-18(2)21-10-12-28(33)25(14-21)30(34)23-16-24(20-8-6-5-7-9-20)32-27(17-23)31(35)26-15-22(19(3)4)11-13-29(26)36-32/h5-19,33H,1-4H3. The van der Waals surface area contributed by atoms with Crippen LogP contribution in [0.2, 0.25) is 0 Å². The van der Waals surface area contributed by atoms with Crippen LogP contribution >= 0.6 is 0 Å². The third kappa shape index (κ3) is 4.09. The lowest BCUT2D eigenvalue weighted by molar-refractivity contribution is 0.103. The second-order valence-electron chi connectivity index (χ2n) is 9.87. The van der Waals surface area contributed by atoms with E-state index in [1.165, 1.54) is 0 Å². The van der Waals surface area contributed by atoms with Crippen LogP contribution in [-0.4, -0.2) is 10.9 Å². The number of carbonyl (C=O) groups is 1. The van der Waals surface area contributed by atoms with Gasteiger partial charge in [0.1, 0.15) is 16.9 Å². The highest BCUT2D eigenvalue weighted by Crippen LogP contribution is 2.34. The van der Waals surface area contributed by atoms with E-state index in [4.69, 9.17) is 4.42 Å². The van der Waals surface area contributed by atoms with Gasteiger partial charge in [-0.2, -0.15) is 0 Å². The second kappa shape index (κ2) is 9.12. The number of aromatic hydroxyl groups is 1. The van der Waals surface area contributed by atoms with Crippen molar-refractivity contribution in [3.63, 3.8) is 0 Å². The van der Waals surface area contributed by atoms with Gasteiger partial charge in [-0.25, -0.2) is 0 Å². The molecule has 0 atom stereocenters. The van der Waals surface area contributed by atoms with Crippen molar-refractivity contribution in [3.05, 3.63) is 111 Å². The number of carbonyl (C=O) groups excluding carboxylic acids is 1. The first-order valence-electron chi connectivity index (χ1n) is 12.2. The van der Waals surface area contributed by atoms with Crippen molar-refractivity contribution in [2.24, 2.45) is 0 Å². The van der Waals surface area contributed by atoms with E-state index in [2.05, 4.69) is 13.8 Å². The third-order valence-corrected chi connectivity index (χ3v) is 6.74. The SMILES string of the molecule is CC(C)c1ccc(O)c(C(=O)c2cc(-c3ccccc3)c3oc4ccc(C(C)C)cc4c(=O)c3c2)c1. The van der Waals surface area contributed by atoms with E-state index in [1.54, 1.807) is 24.3 Å². The van der Waals surface area contributed by atoms with Gasteiger partial charge in [-0.05, 0) is 64.9 Å². The molecule has 0 saturated heterocycles. The van der Waals surface area contributed by atoms with Crippen LogP contribution in [-0.2, 0) is 0 Å². The van der Waals surface area contributed by atoms with Gasteiger partial charge in [-0.15, -0.1) is 0 Å². The zero-order chi connectivity index (χ0) is 25.6. The number of hydrogen-bond acceptors (Lipinski definition) is 4. The summed E-state index contributed by atoms with van der Waals surface area (Å²) in [6.45, 7) is 8.22. The number of benzene rings is 4. The molecule has 0 unspecified atom stereocenters. The summed E-state index contributed by atoms with van der Waals surface area (Å²) in [4.78, 5) is 27.4. The van der Waals surface area contributed by atoms with Gasteiger partial charge in [0, 0.05) is 11.1 Å². The number of ketones is 1. The van der Waals surface area contributed by atoms with Gasteiger partial charge in [-0.1, -0.05) is 70.2 Å². The minimum atomic E-state index is -0.343. The molecule has 4 aromatic carbocycles. The molecule has 4 nitrogen and oxygen atoms in total. The predicted molar refractivity (Wildman–Crippen MR) is 145 cm³/mol. The molecule has 5 rings (SSSR count). The molecule has 0 radical (unpaired) electrons. The van der Waals surface area contributed by atoms with Crippen LogP contribution in [0.4, 0.5) is 0 Å². The van der Waals surface area contributed by atoms with Crippen LogP contribution in [0.5, 0.6) is 5.75 Å². The number of rotatable bonds is 5. The molecule has 36 heavy (non-hydrogen) atoms. The Kier molecular flexibility index (Phi) is 5.97. The zero-order valence-corrected chi connectivity index (χ0v) is 20.8. The van der Waals surface area contributed by atoms with Crippen molar-refractivity contribution in [2.45, 2.75) is 39.5 Å². The summed E-state index contributed by atoms with van der Waals surface area (Å²) >= 11 is 0. The molecular formula is C32H28O4. The Morgan fingerprint density at radius 1 is 0.778 bits per heavy atom. The molecule has 0 saturated carbocycles. The number of hydrogen-bond donors (Lipinski definition) is 1. The molecule has 0 bridgehead atoms. The van der Waals surface area contributed by atoms with Gasteiger partial charge >= 0.3 is 0 Å². The molecule has 1 N–H and O–H groups in total. The molecule has 0 spiro atoms. The first kappa shape index (κ1) is 23.6. The number of fused-ring (bicyclic) bond motifs is 2. The van der Waals surface area contributed by atoms with Gasteiger partial charge < -0.3 is 9.52 Å². The minimum Gasteiger partial charge on any atom is -0.507 e. The summed E-state index contributed by atoms with van der Waals surface area (Å²) in [5.41, 5.74) is 4.79. The average Bonchev–Trinajstić information content (AvgIpc) is 2.88. The Morgan fingerprint density at radius 3 is 2.14 bits per heavy atom. The fourth-order valence-electron chi connectivity index (χ4n) is 4.55. The lowest BCUT2D eigenvalue weighted by atomic mass is 9.92. The summed E-state index contributed by atoms with van der Waals surface area (Å²) in [5.74, 6) is 0.0260. The topological polar surface area (TPSA) is 67.5 Å². The van der Waals surface area contributed by atoms with E-state index >= 15 is 0 Å². The van der Waals surface area contributed by atoms with E-state index in [0.717, 1.165) is 16.7 Å². The molecular weight excluding hydrogens is 448 g/mol. The van der Waals surface area contributed by atoms with Crippen molar-refractivity contribution in [1.82, 2.24) is 0 Å². The van der Waals surface area contributed by atoms with Crippen LogP contribution in [0.15, 0.2) is 88.1 Å². The largest absolute Gasteiger partial charge is 0.507 e. The monoisotopic (exact) mass is 476 g/mol. The maximum absolute atomic E-state index is 13.7. The van der Waals surface area contributed by atoms with Crippen molar-refractivity contribution in [1.29, 1.82) is 0 Å². The van der Waals surface area contributed by atoms with E-state index in [9.17, 15) is 14.7 Å². The van der Waals surface area contributed by atoms with E-state index in [1.807, 2.05) is 68.4 Å². The molecule has 0 aliphatic heterocycles. The molecule has 1 aromatic heterocycles. The van der Waals surface area contributed by atoms with Crippen molar-refractivity contribution >= 4 is 27.7 Å². The van der Waals surface area contributed by atoms with Crippen LogP contribution in [0.25, 0.3) is 33.1 Å². The highest BCUT2D eigenvalue weighted by Gasteiger charge is 2.21. The summed E-state index contributed by atoms with van der Waals surface area (Å²) in [6, 6.07) is 23.7. The predicted octanol–water partition coefficient (Wildman–Crippen LogP) is 7.80. The van der Waals surface area contributed by atoms with Gasteiger partial charge in [0.05, 0.1) is 16.3 Å². The fourth-order valence-corrected chi connectivity index (χ4v) is 4.55. The molecule has 0 fully saturated rings. The minimum absolute atomic E-state index is 0.0853. The normalized spacial score (nSPS) is 11.6. The molecule has 1 heterocycles. The molecule has 5 aromatic rings. The number of phenols is 1. The Labute approximate surface area is 209 Å². The third-order valence-electron chi connectivity index (χ3n) is 6.74. The maximum Gasteiger partial charge on any atom is 0.200 e. The molecule has 0 amide bonds. The van der Waals surface area contributed by atoms with Crippen LogP contribution in [0.3, 0.4) is 0 Å². The molecule has 0 aliphatic carbocycles. The summed E-state index contributed by atoms with van der Waals surface area (Å²) < 4.78 is 6.30. The average molecular weight is 477 g/mol. The highest BCUT2D eigenvalue weighted by atomic mass is 16.3. The smallest absolute Gasteiger partial charge is 0.200 e. The molecule has 180 valence electrons. The Hall–Kier alpha value is -4.18. The van der Waals surface area contributed by atoms with Crippen molar-refractivity contribution in [2.75, 3.05) is 0 Å². The maximum atomic E-state index is 13.7. The van der Waals surface area contributed by atoms with E-state index < -0.39 is 0 Å². The first-order chi connectivity index (χ1) is 17.2. The van der Waals surface area contributed by atoms with Crippen LogP contribution in [0.1, 0.15) is 66.6 Å². The van der Waals surface area contributed by atoms with Gasteiger partial charge in [-0.3, -0.25) is 9.59 Å². The summed E-state index contributed by atoms with van der Waals surface area (Å²) in [6.07, 6.45) is 0. The van der Waals surface area contributed by atoms with Gasteiger partial charge in [0.25, 0.3) is 0 Å². The van der Waals surface area contributed by atoms with Crippen LogP contribution in [0, 0.1) is 0 Å². The lowest BCUT2D eigenvalue weighted by Gasteiger charge is -2.13. The van der Waals surface area contributed by atoms with Crippen molar-refractivity contribution < 1.29 is 14.3 Å². The van der Waals surface area contributed by atoms with Gasteiger partial charge in [0.15, 0.2) is 5.78 Å². The Bertz CT molecular complexity index is 1670. The molecule has 4 heteroatoms. The highest BCUT2D eigenvalue weighted by molar-refractivity contribution is 6.14. The number of phenolic OH excluding ortho intramolecular Hbond substituents is 1. The Morgan fingerprint density at radius 2 is 1.44 bits per heavy atom. The summed E-state index contributed by atoms with van der Waals surface area (Å²) in [7, 11) is 0. The first-order valence-corrected chi connectivity index (χ1v) is 12.2. The zero-order valence-electron chi connectivity index (χ0n) is 20.8. The Balaban J connectivity index is 1.82. The quantitative estimate of drug-likeness (QED) is 0.208. The van der Waals surface area contributed by atoms with Crippen LogP contribution < -0.4 is 5.43 Å². The lowest BCUT2D eigenvalue weighted by Crippen LogP contribution is -2.08. The van der Waals surface area contributed by atoms with E-state index in [0.29, 0.717) is 33.1 Å². The summed E-state index contributed by atoms with van der Waals surface area (Å²) in [5, 5.41) is 11.4. The second-order valence-corrected chi connectivity index (χ2v) is 9.87. The fraction of sp³-hybridized carbons (Fsp3) is 0.188. The molecule has 0 aliphatic rings. The van der Waals surface area contributed by atoms with Gasteiger partial charge in [0.2, 0.25) is 5.43 Å².